The van der Waals surface area contributed by atoms with Crippen LogP contribution in [0.25, 0.3) is 11.1 Å². The van der Waals surface area contributed by atoms with Gasteiger partial charge in [-0.2, -0.15) is 0 Å². The summed E-state index contributed by atoms with van der Waals surface area (Å²) < 4.78 is 19.4. The van der Waals surface area contributed by atoms with Crippen LogP contribution < -0.4 is 0 Å². The van der Waals surface area contributed by atoms with Crippen molar-refractivity contribution < 1.29 is 13.9 Å². The first-order valence-corrected chi connectivity index (χ1v) is 9.24. The maximum Gasteiger partial charge on any atom is 0.253 e. The molecule has 2 fully saturated rings. The minimum absolute atomic E-state index is 0.0670. The number of aromatic nitrogens is 1. The van der Waals surface area contributed by atoms with Crippen LogP contribution in [0.5, 0.6) is 0 Å². The molecule has 26 heavy (non-hydrogen) atoms. The second kappa shape index (κ2) is 7.16. The molecule has 4 nitrogen and oxygen atoms in total. The molecule has 3 heterocycles. The topological polar surface area (TPSA) is 42.4 Å². The molecule has 2 aliphatic rings. The van der Waals surface area contributed by atoms with Gasteiger partial charge in [-0.05, 0) is 54.9 Å². The lowest BCUT2D eigenvalue weighted by Gasteiger charge is -2.45. The van der Waals surface area contributed by atoms with Crippen molar-refractivity contribution in [3.63, 3.8) is 0 Å². The van der Waals surface area contributed by atoms with Gasteiger partial charge in [0.2, 0.25) is 0 Å². The fourth-order valence-corrected chi connectivity index (χ4v) is 4.18. The fraction of sp³-hybridized carbons (Fsp3) is 0.429. The predicted octanol–water partition coefficient (Wildman–Crippen LogP) is 3.92. The maximum absolute atomic E-state index is 13.9. The van der Waals surface area contributed by atoms with E-state index in [1.165, 1.54) is 12.6 Å². The van der Waals surface area contributed by atoms with Gasteiger partial charge in [0.25, 0.3) is 5.91 Å². The average molecular weight is 354 g/mol. The molecule has 1 amide bonds. The highest BCUT2D eigenvalue weighted by Crippen LogP contribution is 2.39. The number of nitrogens with zero attached hydrogens (tertiary/aromatic N) is 2. The third-order valence-corrected chi connectivity index (χ3v) is 5.72. The van der Waals surface area contributed by atoms with Gasteiger partial charge < -0.3 is 9.64 Å². The second-order valence-electron chi connectivity index (χ2n) is 7.38. The molecule has 0 N–H and O–H groups in total. The molecular weight excluding hydrogens is 331 g/mol. The second-order valence-corrected chi connectivity index (χ2v) is 7.38. The van der Waals surface area contributed by atoms with Gasteiger partial charge in [0.1, 0.15) is 5.82 Å². The van der Waals surface area contributed by atoms with E-state index >= 15 is 0 Å². The van der Waals surface area contributed by atoms with Crippen molar-refractivity contribution in [3.8, 4) is 11.1 Å². The van der Waals surface area contributed by atoms with Crippen LogP contribution >= 0.6 is 0 Å². The van der Waals surface area contributed by atoms with Crippen molar-refractivity contribution in [2.75, 3.05) is 26.3 Å². The van der Waals surface area contributed by atoms with Crippen LogP contribution in [0.2, 0.25) is 0 Å². The lowest BCUT2D eigenvalue weighted by molar-refractivity contribution is -0.0229. The number of ether oxygens (including phenoxy) is 1. The Morgan fingerprint density at radius 1 is 1.12 bits per heavy atom. The van der Waals surface area contributed by atoms with E-state index in [1.807, 2.05) is 4.90 Å². The summed E-state index contributed by atoms with van der Waals surface area (Å²) in [5, 5.41) is 0. The molecule has 0 saturated carbocycles. The number of halogens is 1. The van der Waals surface area contributed by atoms with Gasteiger partial charge in [0, 0.05) is 43.6 Å². The van der Waals surface area contributed by atoms with Gasteiger partial charge >= 0.3 is 0 Å². The number of carbonyl (C=O) groups is 1. The number of pyridine rings is 1. The van der Waals surface area contributed by atoms with Crippen LogP contribution in [0, 0.1) is 11.2 Å². The van der Waals surface area contributed by atoms with E-state index in [4.69, 9.17) is 4.74 Å². The minimum Gasteiger partial charge on any atom is -0.381 e. The van der Waals surface area contributed by atoms with Gasteiger partial charge in [-0.1, -0.05) is 12.1 Å². The van der Waals surface area contributed by atoms with Gasteiger partial charge in [0.05, 0.1) is 6.20 Å². The van der Waals surface area contributed by atoms with Crippen molar-refractivity contribution in [1.29, 1.82) is 0 Å². The summed E-state index contributed by atoms with van der Waals surface area (Å²) in [5.74, 6) is -0.290. The van der Waals surface area contributed by atoms with E-state index in [1.54, 1.807) is 36.5 Å². The molecule has 0 bridgehead atoms. The van der Waals surface area contributed by atoms with Crippen LogP contribution in [0.15, 0.2) is 42.7 Å². The van der Waals surface area contributed by atoms with Crippen LogP contribution in [-0.2, 0) is 4.74 Å². The molecule has 0 unspecified atom stereocenters. The molecule has 1 aromatic heterocycles. The van der Waals surface area contributed by atoms with Crippen molar-refractivity contribution in [1.82, 2.24) is 9.88 Å². The van der Waals surface area contributed by atoms with E-state index in [-0.39, 0.29) is 17.1 Å². The summed E-state index contributed by atoms with van der Waals surface area (Å²) in [7, 11) is 0. The van der Waals surface area contributed by atoms with Crippen LogP contribution in [-0.4, -0.2) is 42.1 Å². The highest BCUT2D eigenvalue weighted by Gasteiger charge is 2.38. The molecule has 1 aromatic carbocycles. The Morgan fingerprint density at radius 3 is 2.62 bits per heavy atom. The molecule has 0 radical (unpaired) electrons. The first-order valence-electron chi connectivity index (χ1n) is 9.24. The number of piperidine rings is 1. The Bertz CT molecular complexity index is 779. The Labute approximate surface area is 153 Å². The zero-order valence-corrected chi connectivity index (χ0v) is 14.8. The number of hydrogen-bond donors (Lipinski definition) is 0. The van der Waals surface area contributed by atoms with Gasteiger partial charge in [-0.15, -0.1) is 0 Å². The Hall–Kier alpha value is -2.27. The van der Waals surface area contributed by atoms with Gasteiger partial charge in [-0.25, -0.2) is 4.39 Å². The quantitative estimate of drug-likeness (QED) is 0.821. The van der Waals surface area contributed by atoms with E-state index in [0.717, 1.165) is 51.1 Å². The van der Waals surface area contributed by atoms with Gasteiger partial charge in [0.15, 0.2) is 0 Å². The Balaban J connectivity index is 1.50. The third kappa shape index (κ3) is 3.36. The van der Waals surface area contributed by atoms with E-state index in [0.29, 0.717) is 11.1 Å². The summed E-state index contributed by atoms with van der Waals surface area (Å²) in [6, 6.07) is 8.84. The molecule has 5 heteroatoms. The van der Waals surface area contributed by atoms with Crippen LogP contribution in [0.1, 0.15) is 36.0 Å². The molecule has 0 aliphatic carbocycles. The highest BCUT2D eigenvalue weighted by molar-refractivity contribution is 5.94. The van der Waals surface area contributed by atoms with E-state index < -0.39 is 0 Å². The molecule has 136 valence electrons. The molecule has 0 atom stereocenters. The standard InChI is InChI=1S/C21H23FN2O2/c22-19-14-23-10-6-18(19)16-2-4-17(5-3-16)20(25)24-11-1-7-21(15-24)8-12-26-13-9-21/h2-6,10,14H,1,7-9,11-13,15H2. The van der Waals surface area contributed by atoms with Crippen LogP contribution in [0.4, 0.5) is 4.39 Å². The predicted molar refractivity (Wildman–Crippen MR) is 97.3 cm³/mol. The number of likely N-dealkylation sites (tertiary alicyclic amines) is 1. The number of amides is 1. The van der Waals surface area contributed by atoms with E-state index in [2.05, 4.69) is 4.98 Å². The SMILES string of the molecule is O=C(c1ccc(-c2ccncc2F)cc1)N1CCCC2(CCOCC2)C1. The zero-order chi connectivity index (χ0) is 18.0. The molecule has 1 spiro atoms. The summed E-state index contributed by atoms with van der Waals surface area (Å²) >= 11 is 0. The summed E-state index contributed by atoms with van der Waals surface area (Å²) in [5.41, 5.74) is 2.14. The number of hydrogen-bond acceptors (Lipinski definition) is 3. The maximum atomic E-state index is 13.9. The average Bonchev–Trinajstić information content (AvgIpc) is 2.69. The molecule has 2 aliphatic heterocycles. The first-order chi connectivity index (χ1) is 12.7. The van der Waals surface area contributed by atoms with Crippen molar-refractivity contribution in [2.24, 2.45) is 5.41 Å². The molecular formula is C21H23FN2O2. The lowest BCUT2D eigenvalue weighted by Crippen LogP contribution is -2.48. The van der Waals surface area contributed by atoms with Gasteiger partial charge in [-0.3, -0.25) is 9.78 Å². The Morgan fingerprint density at radius 2 is 1.88 bits per heavy atom. The summed E-state index contributed by atoms with van der Waals surface area (Å²) in [6.45, 7) is 3.22. The summed E-state index contributed by atoms with van der Waals surface area (Å²) in [6.07, 6.45) is 7.08. The molecule has 2 aromatic rings. The summed E-state index contributed by atoms with van der Waals surface area (Å²) in [4.78, 5) is 18.7. The van der Waals surface area contributed by atoms with E-state index in [9.17, 15) is 9.18 Å². The highest BCUT2D eigenvalue weighted by atomic mass is 19.1. The normalized spacial score (nSPS) is 19.5. The van der Waals surface area contributed by atoms with Crippen molar-refractivity contribution in [2.45, 2.75) is 25.7 Å². The number of rotatable bonds is 2. The molecule has 4 rings (SSSR count). The fourth-order valence-electron chi connectivity index (χ4n) is 4.18. The largest absolute Gasteiger partial charge is 0.381 e. The lowest BCUT2D eigenvalue weighted by atomic mass is 9.74. The first kappa shape index (κ1) is 17.2. The number of benzene rings is 1. The smallest absolute Gasteiger partial charge is 0.253 e. The Kier molecular flexibility index (Phi) is 4.72. The molecule has 2 saturated heterocycles. The van der Waals surface area contributed by atoms with Crippen LogP contribution in [0.3, 0.4) is 0 Å². The van der Waals surface area contributed by atoms with Crippen molar-refractivity contribution >= 4 is 5.91 Å². The third-order valence-electron chi connectivity index (χ3n) is 5.72. The number of carbonyl (C=O) groups excluding carboxylic acids is 1. The minimum atomic E-state index is -0.357. The monoisotopic (exact) mass is 354 g/mol. The van der Waals surface area contributed by atoms with Crippen molar-refractivity contribution in [3.05, 3.63) is 54.1 Å². The zero-order valence-electron chi connectivity index (χ0n) is 14.8.